The molecule has 0 unspecified atom stereocenters. The maximum absolute atomic E-state index is 11.5. The first kappa shape index (κ1) is 12.8. The van der Waals surface area contributed by atoms with E-state index < -0.39 is 0 Å². The second kappa shape index (κ2) is 6.31. The highest BCUT2D eigenvalue weighted by Gasteiger charge is 2.14. The van der Waals surface area contributed by atoms with Crippen molar-refractivity contribution in [2.75, 3.05) is 0 Å². The van der Waals surface area contributed by atoms with Crippen molar-refractivity contribution >= 4 is 5.91 Å². The fourth-order valence-corrected chi connectivity index (χ4v) is 1.73. The molecule has 0 aliphatic heterocycles. The van der Waals surface area contributed by atoms with Gasteiger partial charge in [0, 0.05) is 6.42 Å². The lowest BCUT2D eigenvalue weighted by Crippen LogP contribution is -2.28. The Morgan fingerprint density at radius 2 is 1.88 bits per heavy atom. The minimum absolute atomic E-state index is 0.120. The summed E-state index contributed by atoms with van der Waals surface area (Å²) in [4.78, 5) is 11.5. The molecule has 0 bridgehead atoms. The number of hydrogen-bond acceptors (Lipinski definition) is 1. The predicted molar refractivity (Wildman–Crippen MR) is 67.1 cm³/mol. The molecule has 1 aromatic carbocycles. The Morgan fingerprint density at radius 1 is 1.25 bits per heavy atom. The molecule has 2 nitrogen and oxygen atoms in total. The summed E-state index contributed by atoms with van der Waals surface area (Å²) < 4.78 is 0. The van der Waals surface area contributed by atoms with Crippen LogP contribution in [-0.2, 0) is 4.79 Å². The van der Waals surface area contributed by atoms with Crippen molar-refractivity contribution in [1.29, 1.82) is 0 Å². The van der Waals surface area contributed by atoms with Crippen molar-refractivity contribution in [1.82, 2.24) is 5.32 Å². The van der Waals surface area contributed by atoms with Gasteiger partial charge in [-0.3, -0.25) is 4.79 Å². The van der Waals surface area contributed by atoms with Crippen LogP contribution in [0.1, 0.15) is 45.2 Å². The van der Waals surface area contributed by atoms with Gasteiger partial charge in [0.2, 0.25) is 5.91 Å². The highest BCUT2D eigenvalue weighted by molar-refractivity contribution is 5.76. The normalized spacial score (nSPS) is 12.5. The van der Waals surface area contributed by atoms with Gasteiger partial charge in [-0.15, -0.1) is 0 Å². The number of amides is 1. The fraction of sp³-hybridized carbons (Fsp3) is 0.500. The van der Waals surface area contributed by atoms with Crippen LogP contribution in [0.25, 0.3) is 0 Å². The molecule has 1 N–H and O–H groups in total. The topological polar surface area (TPSA) is 29.1 Å². The minimum atomic E-state index is 0.120. The molecule has 0 fully saturated rings. The van der Waals surface area contributed by atoms with E-state index in [1.54, 1.807) is 0 Å². The third kappa shape index (κ3) is 4.05. The summed E-state index contributed by atoms with van der Waals surface area (Å²) in [5.41, 5.74) is 1.19. The third-order valence-corrected chi connectivity index (χ3v) is 2.57. The summed E-state index contributed by atoms with van der Waals surface area (Å²) >= 11 is 0. The van der Waals surface area contributed by atoms with E-state index in [0.717, 1.165) is 6.42 Å². The second-order valence-electron chi connectivity index (χ2n) is 4.51. The molecule has 1 rings (SSSR count). The Hall–Kier alpha value is -1.31. The van der Waals surface area contributed by atoms with Gasteiger partial charge in [0.25, 0.3) is 0 Å². The van der Waals surface area contributed by atoms with Crippen molar-refractivity contribution in [3.8, 4) is 0 Å². The van der Waals surface area contributed by atoms with Gasteiger partial charge in [-0.25, -0.2) is 0 Å². The Morgan fingerprint density at radius 3 is 2.38 bits per heavy atom. The first-order valence-corrected chi connectivity index (χ1v) is 5.97. The molecule has 0 heterocycles. The van der Waals surface area contributed by atoms with Crippen LogP contribution < -0.4 is 5.32 Å². The summed E-state index contributed by atoms with van der Waals surface area (Å²) in [5, 5.41) is 3.08. The molecule has 0 spiro atoms. The standard InChI is InChI=1S/C14H21NO/c1-4-14(16)15-13(10-11(2)3)12-8-6-5-7-9-12/h5-9,11,13H,4,10H2,1-3H3,(H,15,16)/t13-/m1/s1. The molecule has 1 atom stereocenters. The van der Waals surface area contributed by atoms with Crippen LogP contribution in [-0.4, -0.2) is 5.91 Å². The molecule has 0 aromatic heterocycles. The number of carbonyl (C=O) groups is 1. The first-order chi connectivity index (χ1) is 7.63. The average molecular weight is 219 g/mol. The molecule has 0 aliphatic carbocycles. The molecule has 0 aliphatic rings. The Balaban J connectivity index is 2.75. The summed E-state index contributed by atoms with van der Waals surface area (Å²) in [5.74, 6) is 0.692. The van der Waals surface area contributed by atoms with Gasteiger partial charge in [-0.1, -0.05) is 51.1 Å². The predicted octanol–water partition coefficient (Wildman–Crippen LogP) is 3.30. The van der Waals surface area contributed by atoms with Crippen LogP contribution in [0.3, 0.4) is 0 Å². The summed E-state index contributed by atoms with van der Waals surface area (Å²) in [6.07, 6.45) is 1.52. The molecule has 0 radical (unpaired) electrons. The lowest BCUT2D eigenvalue weighted by Gasteiger charge is -2.20. The van der Waals surface area contributed by atoms with E-state index in [-0.39, 0.29) is 11.9 Å². The molecule has 16 heavy (non-hydrogen) atoms. The van der Waals surface area contributed by atoms with Crippen LogP contribution >= 0.6 is 0 Å². The molecule has 1 aromatic rings. The van der Waals surface area contributed by atoms with E-state index in [1.165, 1.54) is 5.56 Å². The van der Waals surface area contributed by atoms with Crippen LogP contribution in [0.5, 0.6) is 0 Å². The number of benzene rings is 1. The average Bonchev–Trinajstić information content (AvgIpc) is 2.28. The van der Waals surface area contributed by atoms with E-state index in [4.69, 9.17) is 0 Å². The number of hydrogen-bond donors (Lipinski definition) is 1. The van der Waals surface area contributed by atoms with Gasteiger partial charge in [0.05, 0.1) is 6.04 Å². The van der Waals surface area contributed by atoms with Crippen molar-refractivity contribution in [2.45, 2.75) is 39.7 Å². The zero-order chi connectivity index (χ0) is 12.0. The molecule has 2 heteroatoms. The SMILES string of the molecule is CCC(=O)N[C@H](CC(C)C)c1ccccc1. The summed E-state index contributed by atoms with van der Waals surface area (Å²) in [7, 11) is 0. The summed E-state index contributed by atoms with van der Waals surface area (Å²) in [6.45, 7) is 6.23. The zero-order valence-corrected chi connectivity index (χ0v) is 10.4. The van der Waals surface area contributed by atoms with Gasteiger partial charge < -0.3 is 5.32 Å². The summed E-state index contributed by atoms with van der Waals surface area (Å²) in [6, 6.07) is 10.3. The number of carbonyl (C=O) groups excluding carboxylic acids is 1. The maximum Gasteiger partial charge on any atom is 0.220 e. The largest absolute Gasteiger partial charge is 0.349 e. The van der Waals surface area contributed by atoms with Crippen molar-refractivity contribution in [3.63, 3.8) is 0 Å². The number of nitrogens with one attached hydrogen (secondary N) is 1. The van der Waals surface area contributed by atoms with Crippen molar-refractivity contribution < 1.29 is 4.79 Å². The monoisotopic (exact) mass is 219 g/mol. The Bertz CT molecular complexity index is 319. The van der Waals surface area contributed by atoms with Gasteiger partial charge in [0.1, 0.15) is 0 Å². The Labute approximate surface area is 98.1 Å². The van der Waals surface area contributed by atoms with Crippen LogP contribution in [0.15, 0.2) is 30.3 Å². The lowest BCUT2D eigenvalue weighted by molar-refractivity contribution is -0.121. The minimum Gasteiger partial charge on any atom is -0.349 e. The van der Waals surface area contributed by atoms with Gasteiger partial charge in [-0.05, 0) is 17.9 Å². The molecular weight excluding hydrogens is 198 g/mol. The van der Waals surface area contributed by atoms with Gasteiger partial charge >= 0.3 is 0 Å². The highest BCUT2D eigenvalue weighted by Crippen LogP contribution is 2.20. The molecular formula is C14H21NO. The van der Waals surface area contributed by atoms with Crippen LogP contribution in [0.4, 0.5) is 0 Å². The highest BCUT2D eigenvalue weighted by atomic mass is 16.1. The Kier molecular flexibility index (Phi) is 5.03. The maximum atomic E-state index is 11.5. The van der Waals surface area contributed by atoms with E-state index in [1.807, 2.05) is 25.1 Å². The molecule has 0 saturated heterocycles. The molecule has 1 amide bonds. The lowest BCUT2D eigenvalue weighted by atomic mass is 9.97. The second-order valence-corrected chi connectivity index (χ2v) is 4.51. The zero-order valence-electron chi connectivity index (χ0n) is 10.4. The molecule has 0 saturated carbocycles. The van der Waals surface area contributed by atoms with Crippen molar-refractivity contribution in [2.24, 2.45) is 5.92 Å². The van der Waals surface area contributed by atoms with E-state index in [9.17, 15) is 4.79 Å². The third-order valence-electron chi connectivity index (χ3n) is 2.57. The fourth-order valence-electron chi connectivity index (χ4n) is 1.73. The van der Waals surface area contributed by atoms with E-state index in [0.29, 0.717) is 12.3 Å². The molecule has 88 valence electrons. The quantitative estimate of drug-likeness (QED) is 0.809. The van der Waals surface area contributed by atoms with E-state index in [2.05, 4.69) is 31.3 Å². The van der Waals surface area contributed by atoms with Gasteiger partial charge in [0.15, 0.2) is 0 Å². The van der Waals surface area contributed by atoms with Crippen molar-refractivity contribution in [3.05, 3.63) is 35.9 Å². The smallest absolute Gasteiger partial charge is 0.220 e. The number of rotatable bonds is 5. The van der Waals surface area contributed by atoms with Crippen LogP contribution in [0.2, 0.25) is 0 Å². The van der Waals surface area contributed by atoms with Gasteiger partial charge in [-0.2, -0.15) is 0 Å². The van der Waals surface area contributed by atoms with Crippen LogP contribution in [0, 0.1) is 5.92 Å². The first-order valence-electron chi connectivity index (χ1n) is 5.97. The van der Waals surface area contributed by atoms with E-state index >= 15 is 0 Å².